The average Bonchev–Trinajstić information content (AvgIpc) is 3.34. The van der Waals surface area contributed by atoms with Gasteiger partial charge in [0, 0.05) is 36.7 Å². The predicted octanol–water partition coefficient (Wildman–Crippen LogP) is 7.10. The fraction of sp³-hybridized carbons (Fsp3) is 0.393. The van der Waals surface area contributed by atoms with Crippen LogP contribution in [-0.2, 0) is 13.8 Å². The van der Waals surface area contributed by atoms with Crippen LogP contribution in [0.15, 0.2) is 54.6 Å². The van der Waals surface area contributed by atoms with Gasteiger partial charge in [-0.05, 0) is 85.9 Å². The third-order valence-corrected chi connectivity index (χ3v) is 10.8. The highest BCUT2D eigenvalue weighted by Gasteiger charge is 2.33. The van der Waals surface area contributed by atoms with E-state index in [1.54, 1.807) is 12.1 Å². The van der Waals surface area contributed by atoms with Crippen molar-refractivity contribution in [1.82, 2.24) is 0 Å². The molecular weight excluding hydrogens is 498 g/mol. The number of rotatable bonds is 10. The molecule has 1 aliphatic heterocycles. The molecule has 2 aromatic carbocycles. The molecule has 0 spiro atoms. The van der Waals surface area contributed by atoms with Crippen molar-refractivity contribution in [1.29, 1.82) is 0 Å². The Kier molecular flexibility index (Phi) is 8.78. The van der Waals surface area contributed by atoms with Crippen LogP contribution in [0.2, 0.25) is 0 Å². The van der Waals surface area contributed by atoms with Gasteiger partial charge >= 0.3 is 5.97 Å². The van der Waals surface area contributed by atoms with Crippen LogP contribution in [0.5, 0.6) is 0 Å². The van der Waals surface area contributed by atoms with Gasteiger partial charge in [-0.2, -0.15) is 0 Å². The minimum atomic E-state index is -3.25. The molecule has 2 unspecified atom stereocenters. The Morgan fingerprint density at radius 2 is 1.83 bits per heavy atom. The Bertz CT molecular complexity index is 1220. The highest BCUT2D eigenvalue weighted by molar-refractivity contribution is 7.67. The molecule has 4 rings (SSSR count). The van der Waals surface area contributed by atoms with Crippen LogP contribution >= 0.6 is 18.7 Å². The number of ether oxygens (including phenoxy) is 1. The highest BCUT2D eigenvalue weighted by Crippen LogP contribution is 2.51. The highest BCUT2D eigenvalue weighted by atomic mass is 32.1. The molecule has 3 aromatic rings. The maximum atomic E-state index is 14.1. The topological polar surface area (TPSA) is 72.8 Å². The molecule has 0 radical (unpaired) electrons. The van der Waals surface area contributed by atoms with E-state index in [2.05, 4.69) is 0 Å². The predicted molar refractivity (Wildman–Crippen MR) is 142 cm³/mol. The van der Waals surface area contributed by atoms with Gasteiger partial charge in [0.2, 0.25) is 7.37 Å². The Balaban J connectivity index is 1.71. The zero-order chi connectivity index (χ0) is 25.7. The number of hydrogen-bond acceptors (Lipinski definition) is 5. The summed E-state index contributed by atoms with van der Waals surface area (Å²) < 4.78 is 38.7. The summed E-state index contributed by atoms with van der Waals surface area (Å²) in [6.45, 7) is 3.45. The van der Waals surface area contributed by atoms with Gasteiger partial charge in [-0.3, -0.25) is 4.57 Å². The number of benzene rings is 2. The van der Waals surface area contributed by atoms with Crippen LogP contribution in [0.25, 0.3) is 10.4 Å². The molecule has 36 heavy (non-hydrogen) atoms. The molecule has 5 nitrogen and oxygen atoms in total. The first kappa shape index (κ1) is 26.7. The Labute approximate surface area is 215 Å². The maximum absolute atomic E-state index is 14.1. The first-order valence-electron chi connectivity index (χ1n) is 12.2. The molecule has 192 valence electrons. The zero-order valence-corrected chi connectivity index (χ0v) is 22.3. The standard InChI is InChI=1S/C28H32FO5PS/c1-19-3-11-24(12-4-19)35(32,33-2)18-22(6-5-20-13-15-34-16-14-20)25-17-26(36-27(25)28(30)31)21-7-9-23(29)10-8-21/h3-4,7-12,17,20,22H,5-6,13-16,18H2,1-2H3,(H,30,31). The van der Waals surface area contributed by atoms with Crippen LogP contribution in [0.3, 0.4) is 0 Å². The largest absolute Gasteiger partial charge is 0.477 e. The summed E-state index contributed by atoms with van der Waals surface area (Å²) >= 11 is 1.18. The molecular formula is C28H32FO5PS. The number of hydrogen-bond donors (Lipinski definition) is 1. The van der Waals surface area contributed by atoms with Crippen LogP contribution < -0.4 is 5.30 Å². The quantitative estimate of drug-likeness (QED) is 0.283. The van der Waals surface area contributed by atoms with Crippen LogP contribution in [0.1, 0.15) is 52.4 Å². The van der Waals surface area contributed by atoms with Gasteiger partial charge in [-0.25, -0.2) is 9.18 Å². The smallest absolute Gasteiger partial charge is 0.346 e. The van der Waals surface area contributed by atoms with Gasteiger partial charge < -0.3 is 14.4 Å². The van der Waals surface area contributed by atoms with Gasteiger partial charge in [0.15, 0.2) is 0 Å². The minimum absolute atomic E-state index is 0.218. The first-order valence-corrected chi connectivity index (χ1v) is 14.8. The summed E-state index contributed by atoms with van der Waals surface area (Å²) in [5.74, 6) is -1.13. The van der Waals surface area contributed by atoms with E-state index >= 15 is 0 Å². The minimum Gasteiger partial charge on any atom is -0.477 e. The summed E-state index contributed by atoms with van der Waals surface area (Å²) in [6.07, 6.45) is 3.76. The Hall–Kier alpha value is -2.31. The Morgan fingerprint density at radius 1 is 1.17 bits per heavy atom. The van der Waals surface area contributed by atoms with Crippen molar-refractivity contribution < 1.29 is 28.1 Å². The lowest BCUT2D eigenvalue weighted by Crippen LogP contribution is -2.19. The SMILES string of the molecule is COP(=O)(CC(CCC1CCOCC1)c1cc(-c2ccc(F)cc2)sc1C(=O)O)c1ccc(C)cc1. The fourth-order valence-corrected chi connectivity index (χ4v) is 8.02. The van der Waals surface area contributed by atoms with Gasteiger partial charge in [-0.15, -0.1) is 11.3 Å². The van der Waals surface area contributed by atoms with Crippen molar-refractivity contribution in [2.75, 3.05) is 26.5 Å². The van der Waals surface area contributed by atoms with E-state index in [-0.39, 0.29) is 22.8 Å². The lowest BCUT2D eigenvalue weighted by Gasteiger charge is -2.27. The molecule has 8 heteroatoms. The zero-order valence-electron chi connectivity index (χ0n) is 20.6. The summed E-state index contributed by atoms with van der Waals surface area (Å²) in [6, 6.07) is 15.4. The monoisotopic (exact) mass is 530 g/mol. The number of aromatic carboxylic acids is 1. The van der Waals surface area contributed by atoms with Crippen LogP contribution in [-0.4, -0.2) is 37.6 Å². The van der Waals surface area contributed by atoms with Crippen LogP contribution in [0.4, 0.5) is 4.39 Å². The first-order chi connectivity index (χ1) is 17.3. The summed E-state index contributed by atoms with van der Waals surface area (Å²) in [5, 5.41) is 10.7. The van der Waals surface area contributed by atoms with Gasteiger partial charge in [0.05, 0.1) is 0 Å². The second-order valence-electron chi connectivity index (χ2n) is 9.41. The van der Waals surface area contributed by atoms with E-state index in [1.807, 2.05) is 37.3 Å². The van der Waals surface area contributed by atoms with E-state index in [4.69, 9.17) is 9.26 Å². The van der Waals surface area contributed by atoms with Crippen molar-refractivity contribution in [2.45, 2.75) is 38.5 Å². The van der Waals surface area contributed by atoms with Gasteiger partial charge in [0.1, 0.15) is 10.7 Å². The summed E-state index contributed by atoms with van der Waals surface area (Å²) in [5.41, 5.74) is 2.49. The third-order valence-electron chi connectivity index (χ3n) is 6.97. The molecule has 0 amide bonds. The number of carboxylic acid groups (broad SMARTS) is 1. The van der Waals surface area contributed by atoms with Crippen molar-refractivity contribution in [3.63, 3.8) is 0 Å². The lowest BCUT2D eigenvalue weighted by atomic mass is 9.88. The molecule has 1 fully saturated rings. The van der Waals surface area contributed by atoms with Crippen molar-refractivity contribution in [2.24, 2.45) is 5.92 Å². The van der Waals surface area contributed by atoms with Gasteiger partial charge in [0.25, 0.3) is 0 Å². The second-order valence-corrected chi connectivity index (χ2v) is 13.1. The second kappa shape index (κ2) is 11.8. The summed E-state index contributed by atoms with van der Waals surface area (Å²) in [4.78, 5) is 13.3. The molecule has 0 saturated carbocycles. The van der Waals surface area contributed by atoms with Crippen molar-refractivity contribution >= 4 is 30.0 Å². The van der Waals surface area contributed by atoms with Crippen LogP contribution in [0, 0.1) is 18.7 Å². The third kappa shape index (κ3) is 6.33. The average molecular weight is 531 g/mol. The molecule has 0 bridgehead atoms. The molecule has 1 N–H and O–H groups in total. The van der Waals surface area contributed by atoms with E-state index in [9.17, 15) is 18.9 Å². The normalized spacial score (nSPS) is 17.0. The number of halogens is 1. The number of aryl methyl sites for hydroxylation is 1. The summed E-state index contributed by atoms with van der Waals surface area (Å²) in [7, 11) is -1.78. The molecule has 0 aliphatic carbocycles. The number of thiophene rings is 1. The number of carboxylic acids is 1. The number of carbonyl (C=O) groups is 1. The lowest BCUT2D eigenvalue weighted by molar-refractivity contribution is 0.0628. The van der Waals surface area contributed by atoms with E-state index in [1.165, 1.54) is 30.6 Å². The van der Waals surface area contributed by atoms with E-state index in [0.29, 0.717) is 23.2 Å². The van der Waals surface area contributed by atoms with Gasteiger partial charge in [-0.1, -0.05) is 29.8 Å². The molecule has 2 atom stereocenters. The van der Waals surface area contributed by atoms with Crippen molar-refractivity contribution in [3.8, 4) is 10.4 Å². The fourth-order valence-electron chi connectivity index (χ4n) is 4.80. The molecule has 1 aliphatic rings. The van der Waals surface area contributed by atoms with E-state index in [0.717, 1.165) is 48.5 Å². The maximum Gasteiger partial charge on any atom is 0.346 e. The molecule has 2 heterocycles. The molecule has 1 saturated heterocycles. The molecule has 1 aromatic heterocycles. The Morgan fingerprint density at radius 3 is 2.44 bits per heavy atom. The van der Waals surface area contributed by atoms with E-state index < -0.39 is 13.3 Å². The van der Waals surface area contributed by atoms with Crippen molar-refractivity contribution in [3.05, 3.63) is 76.4 Å².